The van der Waals surface area contributed by atoms with Crippen LogP contribution >= 0.6 is 0 Å². The molecular formula is C29H31N3O3S. The number of rotatable bonds is 8. The zero-order valence-corrected chi connectivity index (χ0v) is 21.0. The number of Topliss-reactive ketones (excluding diaryl/α,β-unsaturated/α-hetero) is 1. The van der Waals surface area contributed by atoms with E-state index in [4.69, 9.17) is 5.73 Å². The maximum absolute atomic E-state index is 13.6. The minimum absolute atomic E-state index is 0.0558. The fourth-order valence-electron chi connectivity index (χ4n) is 5.17. The fraction of sp³-hybridized carbons (Fsp3) is 0.276. The second-order valence-corrected chi connectivity index (χ2v) is 11.6. The summed E-state index contributed by atoms with van der Waals surface area (Å²) in [7, 11) is -3.83. The highest BCUT2D eigenvalue weighted by Gasteiger charge is 2.28. The average molecular weight is 502 g/mol. The number of likely N-dealkylation sites (tertiary alicyclic amines) is 1. The van der Waals surface area contributed by atoms with Gasteiger partial charge in [0.15, 0.2) is 0 Å². The molecule has 0 atom stereocenters. The van der Waals surface area contributed by atoms with E-state index in [1.165, 1.54) is 5.56 Å². The molecule has 6 nitrogen and oxygen atoms in total. The molecule has 3 aromatic carbocycles. The van der Waals surface area contributed by atoms with Crippen LogP contribution in [0.15, 0.2) is 88.7 Å². The molecule has 3 N–H and O–H groups in total. The number of nitrogen functional groups attached to an aromatic ring is 1. The standard InChI is InChI=1S/C29H31N3O3S/c30-23-11-12-27-26(18-23)29(36(34,35)25-9-5-2-6-10-25)28(31-27)19-24(33)17-21-13-15-32(16-14-21)20-22-7-3-1-4-8-22/h1-12,18,21,31H,13-17,19-20,30H2. The number of aromatic amines is 1. The van der Waals surface area contributed by atoms with Crippen LogP contribution in [-0.4, -0.2) is 37.2 Å². The molecule has 0 unspecified atom stereocenters. The van der Waals surface area contributed by atoms with Crippen molar-refractivity contribution in [2.75, 3.05) is 18.8 Å². The van der Waals surface area contributed by atoms with Gasteiger partial charge in [-0.15, -0.1) is 0 Å². The van der Waals surface area contributed by atoms with E-state index in [1.807, 2.05) is 6.07 Å². The Morgan fingerprint density at radius 1 is 0.944 bits per heavy atom. The number of fused-ring (bicyclic) bond motifs is 1. The van der Waals surface area contributed by atoms with Gasteiger partial charge in [0.25, 0.3) is 0 Å². The molecule has 1 fully saturated rings. The normalized spacial score (nSPS) is 15.3. The lowest BCUT2D eigenvalue weighted by Crippen LogP contribution is -2.34. The first-order valence-electron chi connectivity index (χ1n) is 12.4. The number of carbonyl (C=O) groups excluding carboxylic acids is 1. The maximum atomic E-state index is 13.6. The van der Waals surface area contributed by atoms with Crippen LogP contribution < -0.4 is 5.73 Å². The summed E-state index contributed by atoms with van der Waals surface area (Å²) >= 11 is 0. The van der Waals surface area contributed by atoms with Gasteiger partial charge in [-0.2, -0.15) is 0 Å². The van der Waals surface area contributed by atoms with Gasteiger partial charge < -0.3 is 10.7 Å². The molecule has 186 valence electrons. The molecular weight excluding hydrogens is 470 g/mol. The summed E-state index contributed by atoms with van der Waals surface area (Å²) in [5.41, 5.74) is 8.87. The molecule has 36 heavy (non-hydrogen) atoms. The fourth-order valence-corrected chi connectivity index (χ4v) is 6.83. The van der Waals surface area contributed by atoms with E-state index in [0.29, 0.717) is 34.6 Å². The smallest absolute Gasteiger partial charge is 0.208 e. The van der Waals surface area contributed by atoms with Crippen molar-refractivity contribution in [1.82, 2.24) is 9.88 Å². The Labute approximate surface area is 212 Å². The van der Waals surface area contributed by atoms with Crippen LogP contribution in [0.1, 0.15) is 30.5 Å². The summed E-state index contributed by atoms with van der Waals surface area (Å²) in [4.78, 5) is 19.2. The molecule has 0 aliphatic carbocycles. The third-order valence-corrected chi connectivity index (χ3v) is 8.91. The summed E-state index contributed by atoms with van der Waals surface area (Å²) < 4.78 is 27.2. The number of benzene rings is 3. The number of hydrogen-bond donors (Lipinski definition) is 2. The number of nitrogens with one attached hydrogen (secondary N) is 1. The average Bonchev–Trinajstić information content (AvgIpc) is 3.24. The topological polar surface area (TPSA) is 96.3 Å². The van der Waals surface area contributed by atoms with Crippen LogP contribution in [0.4, 0.5) is 5.69 Å². The number of anilines is 1. The van der Waals surface area contributed by atoms with Crippen LogP contribution in [-0.2, 0) is 27.6 Å². The number of nitrogens with two attached hydrogens (primary N) is 1. The van der Waals surface area contributed by atoms with Gasteiger partial charge in [-0.3, -0.25) is 9.69 Å². The van der Waals surface area contributed by atoms with Crippen molar-refractivity contribution in [1.29, 1.82) is 0 Å². The van der Waals surface area contributed by atoms with Crippen molar-refractivity contribution < 1.29 is 13.2 Å². The Morgan fingerprint density at radius 3 is 2.31 bits per heavy atom. The predicted octanol–water partition coefficient (Wildman–Crippen LogP) is 5.00. The van der Waals surface area contributed by atoms with Crippen LogP contribution in [0.25, 0.3) is 10.9 Å². The van der Waals surface area contributed by atoms with Gasteiger partial charge in [-0.25, -0.2) is 8.42 Å². The third kappa shape index (κ3) is 5.22. The first kappa shape index (κ1) is 24.3. The van der Waals surface area contributed by atoms with Crippen molar-refractivity contribution in [3.63, 3.8) is 0 Å². The molecule has 1 aliphatic heterocycles. The van der Waals surface area contributed by atoms with Gasteiger partial charge in [0, 0.05) is 41.7 Å². The SMILES string of the molecule is Nc1ccc2[nH]c(CC(=O)CC3CCN(Cc4ccccc4)CC3)c(S(=O)(=O)c3ccccc3)c2c1. The summed E-state index contributed by atoms with van der Waals surface area (Å²) in [6.07, 6.45) is 2.45. The summed E-state index contributed by atoms with van der Waals surface area (Å²) in [5.74, 6) is 0.374. The van der Waals surface area contributed by atoms with Crippen molar-refractivity contribution in [3.05, 3.63) is 90.1 Å². The van der Waals surface area contributed by atoms with Gasteiger partial charge in [-0.1, -0.05) is 48.5 Å². The van der Waals surface area contributed by atoms with Gasteiger partial charge in [0.1, 0.15) is 10.7 Å². The second kappa shape index (κ2) is 10.3. The van der Waals surface area contributed by atoms with Gasteiger partial charge in [0.05, 0.1) is 4.90 Å². The summed E-state index contributed by atoms with van der Waals surface area (Å²) in [6, 6.07) is 23.9. The first-order valence-corrected chi connectivity index (χ1v) is 13.9. The van der Waals surface area contributed by atoms with Gasteiger partial charge >= 0.3 is 0 Å². The van der Waals surface area contributed by atoms with Crippen molar-refractivity contribution in [3.8, 4) is 0 Å². The lowest BCUT2D eigenvalue weighted by atomic mass is 9.90. The second-order valence-electron chi connectivity index (χ2n) is 9.68. The number of piperidine rings is 1. The highest BCUT2D eigenvalue weighted by molar-refractivity contribution is 7.91. The minimum Gasteiger partial charge on any atom is -0.399 e. The Morgan fingerprint density at radius 2 is 1.61 bits per heavy atom. The highest BCUT2D eigenvalue weighted by atomic mass is 32.2. The van der Waals surface area contributed by atoms with Crippen molar-refractivity contribution in [2.24, 2.45) is 5.92 Å². The van der Waals surface area contributed by atoms with Crippen LogP contribution in [0.3, 0.4) is 0 Å². The molecule has 1 aliphatic rings. The van der Waals surface area contributed by atoms with E-state index in [1.54, 1.807) is 48.5 Å². The Hall–Kier alpha value is -3.42. The number of sulfone groups is 1. The lowest BCUT2D eigenvalue weighted by molar-refractivity contribution is -0.119. The molecule has 1 saturated heterocycles. The van der Waals surface area contributed by atoms with E-state index in [2.05, 4.69) is 34.1 Å². The molecule has 1 aromatic heterocycles. The number of carbonyl (C=O) groups is 1. The zero-order valence-electron chi connectivity index (χ0n) is 20.2. The molecule has 0 bridgehead atoms. The van der Waals surface area contributed by atoms with Gasteiger partial charge in [0.2, 0.25) is 9.84 Å². The Bertz CT molecular complexity index is 1460. The molecule has 7 heteroatoms. The highest BCUT2D eigenvalue weighted by Crippen LogP contribution is 2.34. The monoisotopic (exact) mass is 501 g/mol. The molecule has 0 saturated carbocycles. The van der Waals surface area contributed by atoms with Crippen molar-refractivity contribution >= 4 is 32.2 Å². The quantitative estimate of drug-likeness (QED) is 0.331. The molecule has 2 heterocycles. The molecule has 0 radical (unpaired) electrons. The molecule has 5 rings (SSSR count). The molecule has 4 aromatic rings. The largest absolute Gasteiger partial charge is 0.399 e. The summed E-state index contributed by atoms with van der Waals surface area (Å²) in [5, 5.41) is 0.524. The van der Waals surface area contributed by atoms with E-state index in [-0.39, 0.29) is 22.0 Å². The Kier molecular flexibility index (Phi) is 6.94. The Balaban J connectivity index is 1.31. The number of H-pyrrole nitrogens is 1. The van der Waals surface area contributed by atoms with E-state index >= 15 is 0 Å². The minimum atomic E-state index is -3.83. The van der Waals surface area contributed by atoms with Crippen LogP contribution in [0.2, 0.25) is 0 Å². The molecule has 0 amide bonds. The number of hydrogen-bond acceptors (Lipinski definition) is 5. The summed E-state index contributed by atoms with van der Waals surface area (Å²) in [6.45, 7) is 2.86. The van der Waals surface area contributed by atoms with E-state index < -0.39 is 9.84 Å². The van der Waals surface area contributed by atoms with Crippen molar-refractivity contribution in [2.45, 2.75) is 42.0 Å². The molecule has 0 spiro atoms. The van der Waals surface area contributed by atoms with Gasteiger partial charge in [-0.05, 0) is 67.7 Å². The zero-order chi connectivity index (χ0) is 25.1. The maximum Gasteiger partial charge on any atom is 0.208 e. The number of nitrogens with zero attached hydrogens (tertiary/aromatic N) is 1. The van der Waals surface area contributed by atoms with E-state index in [0.717, 1.165) is 32.5 Å². The van der Waals surface area contributed by atoms with Crippen LogP contribution in [0, 0.1) is 5.92 Å². The van der Waals surface area contributed by atoms with E-state index in [9.17, 15) is 13.2 Å². The predicted molar refractivity (Wildman–Crippen MR) is 142 cm³/mol. The third-order valence-electron chi connectivity index (χ3n) is 7.02. The van der Waals surface area contributed by atoms with Crippen LogP contribution in [0.5, 0.6) is 0 Å². The number of ketones is 1. The first-order chi connectivity index (χ1) is 17.4. The number of aromatic nitrogens is 1. The lowest BCUT2D eigenvalue weighted by Gasteiger charge is -2.31.